The van der Waals surface area contributed by atoms with Crippen molar-refractivity contribution in [3.63, 3.8) is 0 Å². The lowest BCUT2D eigenvalue weighted by Gasteiger charge is -2.25. The van der Waals surface area contributed by atoms with Crippen molar-refractivity contribution >= 4 is 23.6 Å². The number of amides is 4. The minimum atomic E-state index is -1.48. The van der Waals surface area contributed by atoms with Gasteiger partial charge in [0, 0.05) is 31.3 Å². The van der Waals surface area contributed by atoms with Gasteiger partial charge >= 0.3 is 0 Å². The fraction of sp³-hybridized carbons (Fsp3) is 0.484. The SMILES string of the molecule is Cc1ccc(CNC(=O)C(CO[C@H]2CCN(C(=O)C(C#N)=CC(C)C)C2)NC(=O)C(NC(=O)c2cc(C)no2)C(C)O)c(F)c1. The molecule has 4 atom stereocenters. The van der Waals surface area contributed by atoms with E-state index in [0.29, 0.717) is 24.2 Å². The van der Waals surface area contributed by atoms with Crippen molar-refractivity contribution < 1.29 is 37.9 Å². The summed E-state index contributed by atoms with van der Waals surface area (Å²) in [6.45, 7) is 8.31. The van der Waals surface area contributed by atoms with Gasteiger partial charge in [-0.1, -0.05) is 37.2 Å². The Balaban J connectivity index is 1.71. The van der Waals surface area contributed by atoms with Gasteiger partial charge in [-0.05, 0) is 44.7 Å². The third kappa shape index (κ3) is 9.95. The van der Waals surface area contributed by atoms with Crippen LogP contribution in [0.1, 0.15) is 54.6 Å². The Bertz CT molecular complexity index is 1460. The van der Waals surface area contributed by atoms with E-state index in [0.717, 1.165) is 0 Å². The fourth-order valence-electron chi connectivity index (χ4n) is 4.57. The number of aryl methyl sites for hydroxylation is 2. The molecule has 1 aliphatic heterocycles. The molecule has 13 nitrogen and oxygen atoms in total. The maximum absolute atomic E-state index is 14.4. The summed E-state index contributed by atoms with van der Waals surface area (Å²) in [5.74, 6) is -3.50. The third-order valence-electron chi connectivity index (χ3n) is 6.98. The standard InChI is InChI=1S/C31H39FN6O7/c1-17(2)10-22(13-33)31(43)38-9-8-23(15-38)44-16-25(28(40)34-14-21-7-6-18(3)11-24(21)32)35-30(42)27(20(5)39)36-29(41)26-12-19(4)37-45-26/h6-7,10-12,17,20,23,25,27,39H,8-9,14-16H2,1-5H3,(H,34,40)(H,35,42)(H,36,41)/t20?,23-,25?,27?/m0/s1. The van der Waals surface area contributed by atoms with Gasteiger partial charge in [0.2, 0.25) is 17.6 Å². The molecule has 1 aliphatic rings. The molecule has 4 amide bonds. The Morgan fingerprint density at radius 1 is 1.20 bits per heavy atom. The van der Waals surface area contributed by atoms with Crippen LogP contribution in [-0.2, 0) is 25.7 Å². The normalized spacial score (nSPS) is 16.9. The number of hydrogen-bond donors (Lipinski definition) is 4. The summed E-state index contributed by atoms with van der Waals surface area (Å²) < 4.78 is 25.2. The van der Waals surface area contributed by atoms with Crippen LogP contribution < -0.4 is 16.0 Å². The number of hydrogen-bond acceptors (Lipinski definition) is 9. The fourth-order valence-corrected chi connectivity index (χ4v) is 4.57. The van der Waals surface area contributed by atoms with E-state index < -0.39 is 53.7 Å². The van der Waals surface area contributed by atoms with Gasteiger partial charge in [-0.2, -0.15) is 5.26 Å². The average molecular weight is 627 g/mol. The number of aliphatic hydroxyl groups excluding tert-OH is 1. The highest BCUT2D eigenvalue weighted by atomic mass is 19.1. The zero-order chi connectivity index (χ0) is 33.3. The van der Waals surface area contributed by atoms with E-state index in [1.165, 1.54) is 30.0 Å². The van der Waals surface area contributed by atoms with Gasteiger partial charge in [-0.25, -0.2) is 4.39 Å². The first-order chi connectivity index (χ1) is 21.3. The average Bonchev–Trinajstić information content (AvgIpc) is 3.64. The second-order valence-corrected chi connectivity index (χ2v) is 11.3. The molecule has 2 aromatic rings. The van der Waals surface area contributed by atoms with Crippen molar-refractivity contribution in [2.45, 2.75) is 71.9 Å². The van der Waals surface area contributed by atoms with Crippen molar-refractivity contribution in [3.05, 3.63) is 64.3 Å². The lowest BCUT2D eigenvalue weighted by Crippen LogP contribution is -2.58. The van der Waals surface area contributed by atoms with Gasteiger partial charge in [0.25, 0.3) is 11.8 Å². The van der Waals surface area contributed by atoms with Crippen LogP contribution in [0.3, 0.4) is 0 Å². The molecule has 0 spiro atoms. The molecule has 14 heteroatoms. The van der Waals surface area contributed by atoms with Crippen molar-refractivity contribution in [3.8, 4) is 6.07 Å². The molecular weight excluding hydrogens is 587 g/mol. The number of rotatable bonds is 13. The number of benzene rings is 1. The number of carbonyl (C=O) groups is 4. The second kappa shape index (κ2) is 15.9. The number of nitrogens with one attached hydrogen (secondary N) is 3. The van der Waals surface area contributed by atoms with E-state index in [-0.39, 0.29) is 42.5 Å². The van der Waals surface area contributed by atoms with Crippen LogP contribution in [0.25, 0.3) is 0 Å². The zero-order valence-corrected chi connectivity index (χ0v) is 25.9. The van der Waals surface area contributed by atoms with Crippen LogP contribution in [-0.4, -0.2) is 82.8 Å². The third-order valence-corrected chi connectivity index (χ3v) is 6.98. The smallest absolute Gasteiger partial charge is 0.290 e. The molecule has 0 radical (unpaired) electrons. The first-order valence-corrected chi connectivity index (χ1v) is 14.6. The van der Waals surface area contributed by atoms with E-state index in [1.807, 2.05) is 19.9 Å². The van der Waals surface area contributed by atoms with E-state index in [2.05, 4.69) is 21.1 Å². The van der Waals surface area contributed by atoms with E-state index in [9.17, 15) is 33.9 Å². The van der Waals surface area contributed by atoms with Crippen LogP contribution in [0, 0.1) is 36.9 Å². The van der Waals surface area contributed by atoms with Crippen LogP contribution in [0.2, 0.25) is 0 Å². The Labute approximate surface area is 260 Å². The van der Waals surface area contributed by atoms with Gasteiger partial charge in [0.05, 0.1) is 24.5 Å². The van der Waals surface area contributed by atoms with Gasteiger partial charge in [-0.3, -0.25) is 19.2 Å². The molecule has 3 rings (SSSR count). The number of carbonyl (C=O) groups excluding carboxylic acids is 4. The molecule has 0 bridgehead atoms. The minimum Gasteiger partial charge on any atom is -0.391 e. The molecule has 0 saturated carbocycles. The maximum atomic E-state index is 14.4. The Kier molecular flexibility index (Phi) is 12.3. The monoisotopic (exact) mass is 626 g/mol. The lowest BCUT2D eigenvalue weighted by atomic mass is 10.1. The summed E-state index contributed by atoms with van der Waals surface area (Å²) in [5, 5.41) is 30.8. The summed E-state index contributed by atoms with van der Waals surface area (Å²) in [4.78, 5) is 53.4. The van der Waals surface area contributed by atoms with Crippen molar-refractivity contribution in [1.29, 1.82) is 5.26 Å². The number of aromatic nitrogens is 1. The van der Waals surface area contributed by atoms with Gasteiger partial charge < -0.3 is 35.2 Å². The highest BCUT2D eigenvalue weighted by Gasteiger charge is 2.33. The van der Waals surface area contributed by atoms with Gasteiger partial charge in [0.1, 0.15) is 29.5 Å². The molecule has 1 aromatic carbocycles. The van der Waals surface area contributed by atoms with E-state index in [4.69, 9.17) is 9.26 Å². The Hall–Kier alpha value is -4.61. The highest BCUT2D eigenvalue weighted by molar-refractivity contribution is 5.98. The van der Waals surface area contributed by atoms with Crippen molar-refractivity contribution in [2.75, 3.05) is 19.7 Å². The lowest BCUT2D eigenvalue weighted by molar-refractivity contribution is -0.133. The predicted octanol–water partition coefficient (Wildman–Crippen LogP) is 1.43. The molecule has 0 aliphatic carbocycles. The van der Waals surface area contributed by atoms with Crippen LogP contribution >= 0.6 is 0 Å². The Morgan fingerprint density at radius 2 is 1.93 bits per heavy atom. The maximum Gasteiger partial charge on any atom is 0.290 e. The molecule has 242 valence electrons. The molecule has 2 heterocycles. The molecule has 1 aromatic heterocycles. The molecule has 4 N–H and O–H groups in total. The molecular formula is C31H39FN6O7. The van der Waals surface area contributed by atoms with Crippen LogP contribution in [0.5, 0.6) is 0 Å². The summed E-state index contributed by atoms with van der Waals surface area (Å²) in [6, 6.07) is 5.04. The first kappa shape index (κ1) is 34.9. The van der Waals surface area contributed by atoms with Crippen molar-refractivity contribution in [2.24, 2.45) is 5.92 Å². The van der Waals surface area contributed by atoms with Crippen LogP contribution in [0.4, 0.5) is 4.39 Å². The predicted molar refractivity (Wildman–Crippen MR) is 159 cm³/mol. The minimum absolute atomic E-state index is 0.00429. The topological polar surface area (TPSA) is 187 Å². The number of likely N-dealkylation sites (tertiary alicyclic amines) is 1. The largest absolute Gasteiger partial charge is 0.391 e. The number of nitriles is 1. The second-order valence-electron chi connectivity index (χ2n) is 11.3. The summed E-state index contributed by atoms with van der Waals surface area (Å²) in [5.41, 5.74) is 1.40. The summed E-state index contributed by atoms with van der Waals surface area (Å²) in [6.07, 6.45) is 0.138. The van der Waals surface area contributed by atoms with Gasteiger partial charge in [-0.15, -0.1) is 0 Å². The number of allylic oxidation sites excluding steroid dienone is 1. The molecule has 45 heavy (non-hydrogen) atoms. The molecule has 3 unspecified atom stereocenters. The summed E-state index contributed by atoms with van der Waals surface area (Å²) in [7, 11) is 0. The zero-order valence-electron chi connectivity index (χ0n) is 25.9. The number of aliphatic hydroxyl groups is 1. The van der Waals surface area contributed by atoms with Crippen molar-refractivity contribution in [1.82, 2.24) is 26.0 Å². The number of halogens is 1. The van der Waals surface area contributed by atoms with Gasteiger partial charge in [0.15, 0.2) is 0 Å². The molecule has 1 saturated heterocycles. The Morgan fingerprint density at radius 3 is 2.53 bits per heavy atom. The van der Waals surface area contributed by atoms with Crippen LogP contribution in [0.15, 0.2) is 40.4 Å². The highest BCUT2D eigenvalue weighted by Crippen LogP contribution is 2.17. The van der Waals surface area contributed by atoms with E-state index in [1.54, 1.807) is 26.0 Å². The first-order valence-electron chi connectivity index (χ1n) is 14.6. The quantitative estimate of drug-likeness (QED) is 0.188. The summed E-state index contributed by atoms with van der Waals surface area (Å²) >= 11 is 0. The number of nitrogens with zero attached hydrogens (tertiary/aromatic N) is 3. The number of ether oxygens (including phenoxy) is 1. The molecule has 1 fully saturated rings. The van der Waals surface area contributed by atoms with E-state index >= 15 is 0 Å².